The summed E-state index contributed by atoms with van der Waals surface area (Å²) in [5.41, 5.74) is 0.476. The molecule has 0 radical (unpaired) electrons. The maximum absolute atomic E-state index is 14.0. The predicted molar refractivity (Wildman–Crippen MR) is 83.1 cm³/mol. The highest BCUT2D eigenvalue weighted by Crippen LogP contribution is 2.36. The third-order valence-corrected chi connectivity index (χ3v) is 6.36. The Hall–Kier alpha value is -1.44. The first-order valence-electron chi connectivity index (χ1n) is 7.20. The van der Waals surface area contributed by atoms with E-state index in [4.69, 9.17) is 16.1 Å². The summed E-state index contributed by atoms with van der Waals surface area (Å²) in [4.78, 5) is 0.0526. The zero-order valence-electron chi connectivity index (χ0n) is 12.7. The lowest BCUT2D eigenvalue weighted by molar-refractivity contribution is 0.382. The highest BCUT2D eigenvalue weighted by Gasteiger charge is 2.41. The molecule has 1 aromatic carbocycles. The van der Waals surface area contributed by atoms with E-state index >= 15 is 0 Å². The Morgan fingerprint density at radius 2 is 2.09 bits per heavy atom. The molecule has 8 heteroatoms. The van der Waals surface area contributed by atoms with Gasteiger partial charge in [0.2, 0.25) is 10.0 Å². The maximum Gasteiger partial charge on any atom is 0.249 e. The van der Waals surface area contributed by atoms with Crippen LogP contribution in [0.5, 0.6) is 0 Å². The molecule has 0 atom stereocenters. The number of aromatic nitrogens is 1. The minimum Gasteiger partial charge on any atom is -0.360 e. The van der Waals surface area contributed by atoms with Crippen LogP contribution in [0.15, 0.2) is 27.6 Å². The molecule has 0 bridgehead atoms. The number of halogens is 2. The van der Waals surface area contributed by atoms with E-state index in [1.165, 1.54) is 16.4 Å². The molecule has 1 heterocycles. The van der Waals surface area contributed by atoms with Crippen LogP contribution in [0.1, 0.15) is 29.9 Å². The van der Waals surface area contributed by atoms with Crippen molar-refractivity contribution in [2.24, 2.45) is 0 Å². The normalized spacial score (nSPS) is 15.3. The van der Waals surface area contributed by atoms with Crippen LogP contribution in [-0.4, -0.2) is 23.9 Å². The van der Waals surface area contributed by atoms with Gasteiger partial charge in [0.25, 0.3) is 0 Å². The lowest BCUT2D eigenvalue weighted by atomic mass is 10.2. The van der Waals surface area contributed by atoms with Gasteiger partial charge < -0.3 is 4.52 Å². The van der Waals surface area contributed by atoms with Crippen molar-refractivity contribution in [2.75, 3.05) is 0 Å². The van der Waals surface area contributed by atoms with Gasteiger partial charge in [0.1, 0.15) is 16.4 Å². The van der Waals surface area contributed by atoms with Crippen molar-refractivity contribution in [3.05, 3.63) is 46.1 Å². The zero-order chi connectivity index (χ0) is 16.8. The van der Waals surface area contributed by atoms with Crippen LogP contribution in [-0.2, 0) is 16.6 Å². The highest BCUT2D eigenvalue weighted by atomic mass is 35.5. The van der Waals surface area contributed by atoms with E-state index in [-0.39, 0.29) is 33.8 Å². The summed E-state index contributed by atoms with van der Waals surface area (Å²) in [7, 11) is -3.84. The molecule has 1 aliphatic rings. The molecular formula is C15H16ClFN2O3S. The molecule has 0 amide bonds. The van der Waals surface area contributed by atoms with Crippen LogP contribution >= 0.6 is 11.6 Å². The Morgan fingerprint density at radius 1 is 1.39 bits per heavy atom. The average molecular weight is 359 g/mol. The number of rotatable bonds is 5. The molecule has 23 heavy (non-hydrogen) atoms. The van der Waals surface area contributed by atoms with Gasteiger partial charge in [-0.25, -0.2) is 12.8 Å². The van der Waals surface area contributed by atoms with Crippen molar-refractivity contribution in [1.82, 2.24) is 9.46 Å². The van der Waals surface area contributed by atoms with E-state index < -0.39 is 15.8 Å². The van der Waals surface area contributed by atoms with Gasteiger partial charge in [0.15, 0.2) is 5.76 Å². The number of nitrogens with zero attached hydrogens (tertiary/aromatic N) is 2. The molecule has 0 saturated heterocycles. The number of hydrogen-bond donors (Lipinski definition) is 0. The van der Waals surface area contributed by atoms with E-state index in [9.17, 15) is 12.8 Å². The minimum absolute atomic E-state index is 0.0526. The number of aryl methyl sites for hydroxylation is 2. The number of sulfonamides is 1. The standard InChI is InChI=1S/C15H16ClFN2O3S/c1-9-15(10(2)22-18-9)23(20,21)19(11-6-7-11)8-12-13(16)4-3-5-14(12)17/h3-5,11H,6-8H2,1-2H3. The molecule has 5 nitrogen and oxygen atoms in total. The van der Waals surface area contributed by atoms with Crippen LogP contribution in [0.3, 0.4) is 0 Å². The number of benzene rings is 1. The molecule has 0 unspecified atom stereocenters. The summed E-state index contributed by atoms with van der Waals surface area (Å²) < 4.78 is 46.3. The first-order chi connectivity index (χ1) is 10.8. The molecule has 124 valence electrons. The molecule has 1 aromatic heterocycles. The van der Waals surface area contributed by atoms with Crippen LogP contribution < -0.4 is 0 Å². The fourth-order valence-electron chi connectivity index (χ4n) is 2.57. The van der Waals surface area contributed by atoms with E-state index in [2.05, 4.69) is 5.16 Å². The maximum atomic E-state index is 14.0. The van der Waals surface area contributed by atoms with Gasteiger partial charge >= 0.3 is 0 Å². The Balaban J connectivity index is 2.03. The van der Waals surface area contributed by atoms with E-state index in [1.54, 1.807) is 19.9 Å². The highest BCUT2D eigenvalue weighted by molar-refractivity contribution is 7.89. The molecule has 1 saturated carbocycles. The minimum atomic E-state index is -3.84. The monoisotopic (exact) mass is 358 g/mol. The summed E-state index contributed by atoms with van der Waals surface area (Å²) >= 11 is 6.04. The van der Waals surface area contributed by atoms with Crippen LogP contribution in [0.25, 0.3) is 0 Å². The molecule has 0 aliphatic heterocycles. The largest absolute Gasteiger partial charge is 0.360 e. The zero-order valence-corrected chi connectivity index (χ0v) is 14.3. The first-order valence-corrected chi connectivity index (χ1v) is 9.01. The van der Waals surface area contributed by atoms with Crippen molar-refractivity contribution in [2.45, 2.75) is 44.2 Å². The second-order valence-electron chi connectivity index (χ2n) is 5.63. The van der Waals surface area contributed by atoms with Gasteiger partial charge in [-0.3, -0.25) is 0 Å². The van der Waals surface area contributed by atoms with Gasteiger partial charge in [-0.05, 0) is 38.8 Å². The summed E-state index contributed by atoms with van der Waals surface area (Å²) in [5.74, 6) is -0.287. The van der Waals surface area contributed by atoms with Crippen LogP contribution in [0.4, 0.5) is 4.39 Å². The molecule has 2 aromatic rings. The van der Waals surface area contributed by atoms with Crippen molar-refractivity contribution in [3.63, 3.8) is 0 Å². The second-order valence-corrected chi connectivity index (χ2v) is 7.87. The Labute approximate surface area is 139 Å². The molecule has 3 rings (SSSR count). The summed E-state index contributed by atoms with van der Waals surface area (Å²) in [6.07, 6.45) is 1.49. The Kier molecular flexibility index (Phi) is 4.20. The van der Waals surface area contributed by atoms with Crippen molar-refractivity contribution >= 4 is 21.6 Å². The quantitative estimate of drug-likeness (QED) is 0.821. The summed E-state index contributed by atoms with van der Waals surface area (Å²) in [5, 5.41) is 3.92. The van der Waals surface area contributed by atoms with Crippen molar-refractivity contribution in [3.8, 4) is 0 Å². The van der Waals surface area contributed by atoms with Crippen LogP contribution in [0, 0.1) is 19.7 Å². The van der Waals surface area contributed by atoms with Gasteiger partial charge in [-0.15, -0.1) is 0 Å². The molecular weight excluding hydrogens is 343 g/mol. The lowest BCUT2D eigenvalue weighted by Crippen LogP contribution is -2.33. The average Bonchev–Trinajstić information content (AvgIpc) is 3.23. The first kappa shape index (κ1) is 16.4. The van der Waals surface area contributed by atoms with Crippen molar-refractivity contribution < 1.29 is 17.3 Å². The fraction of sp³-hybridized carbons (Fsp3) is 0.400. The van der Waals surface area contributed by atoms with Gasteiger partial charge in [0.05, 0.1) is 0 Å². The molecule has 0 N–H and O–H groups in total. The second kappa shape index (κ2) is 5.89. The third-order valence-electron chi connectivity index (χ3n) is 3.86. The third kappa shape index (κ3) is 3.00. The fourth-order valence-corrected chi connectivity index (χ4v) is 4.74. The van der Waals surface area contributed by atoms with E-state index in [0.717, 1.165) is 12.8 Å². The smallest absolute Gasteiger partial charge is 0.249 e. The predicted octanol–water partition coefficient (Wildman–Crippen LogP) is 3.44. The summed E-state index contributed by atoms with van der Waals surface area (Å²) in [6, 6.07) is 4.16. The van der Waals surface area contributed by atoms with Crippen molar-refractivity contribution in [1.29, 1.82) is 0 Å². The Bertz CT molecular complexity index is 807. The van der Waals surface area contributed by atoms with E-state index in [0.29, 0.717) is 5.69 Å². The molecule has 0 spiro atoms. The Morgan fingerprint density at radius 3 is 2.61 bits per heavy atom. The number of hydrogen-bond acceptors (Lipinski definition) is 4. The van der Waals surface area contributed by atoms with Crippen LogP contribution in [0.2, 0.25) is 5.02 Å². The lowest BCUT2D eigenvalue weighted by Gasteiger charge is -2.22. The molecule has 1 fully saturated rings. The topological polar surface area (TPSA) is 63.4 Å². The SMILES string of the molecule is Cc1noc(C)c1S(=O)(=O)N(Cc1c(F)cccc1Cl)C1CC1. The van der Waals surface area contributed by atoms with Gasteiger partial charge in [-0.2, -0.15) is 4.31 Å². The van der Waals surface area contributed by atoms with E-state index in [1.807, 2.05) is 0 Å². The van der Waals surface area contributed by atoms with Gasteiger partial charge in [-0.1, -0.05) is 22.8 Å². The summed E-state index contributed by atoms with van der Waals surface area (Å²) in [6.45, 7) is 3.02. The van der Waals surface area contributed by atoms with Gasteiger partial charge in [0, 0.05) is 23.2 Å². The molecule has 1 aliphatic carbocycles.